The van der Waals surface area contributed by atoms with Gasteiger partial charge in [-0.2, -0.15) is 13.2 Å². The fourth-order valence-electron chi connectivity index (χ4n) is 1.90. The molecule has 18 heavy (non-hydrogen) atoms. The Labute approximate surface area is 106 Å². The van der Waals surface area contributed by atoms with Crippen LogP contribution < -0.4 is 0 Å². The van der Waals surface area contributed by atoms with Crippen LogP contribution >= 0.6 is 0 Å². The van der Waals surface area contributed by atoms with Gasteiger partial charge in [0.1, 0.15) is 0 Å². The molecule has 1 aromatic carbocycles. The Morgan fingerprint density at radius 1 is 1.17 bits per heavy atom. The highest BCUT2D eigenvalue weighted by Gasteiger charge is 2.26. The van der Waals surface area contributed by atoms with E-state index in [2.05, 4.69) is 0 Å². The number of rotatable bonds is 6. The fourth-order valence-corrected chi connectivity index (χ4v) is 1.90. The summed E-state index contributed by atoms with van der Waals surface area (Å²) in [6.45, 7) is 1.99. The molecule has 102 valence electrons. The third kappa shape index (κ3) is 6.05. The maximum absolute atomic E-state index is 11.9. The molecule has 0 bridgehead atoms. The van der Waals surface area contributed by atoms with Crippen LogP contribution in [0.2, 0.25) is 0 Å². The van der Waals surface area contributed by atoms with Gasteiger partial charge in [0, 0.05) is 6.42 Å². The van der Waals surface area contributed by atoms with Crippen LogP contribution in [0.4, 0.5) is 13.2 Å². The van der Waals surface area contributed by atoms with Crippen LogP contribution in [0.3, 0.4) is 0 Å². The number of halogens is 3. The van der Waals surface area contributed by atoms with E-state index in [1.54, 1.807) is 0 Å². The molecule has 0 radical (unpaired) electrons. The molecule has 1 atom stereocenters. The Hall–Kier alpha value is -1.03. The molecule has 0 heterocycles. The minimum absolute atomic E-state index is 0.00155. The average Bonchev–Trinajstić information content (AvgIpc) is 2.26. The Morgan fingerprint density at radius 3 is 2.44 bits per heavy atom. The molecule has 0 amide bonds. The molecule has 0 saturated heterocycles. The third-order valence-electron chi connectivity index (χ3n) is 3.01. The lowest BCUT2D eigenvalue weighted by Gasteiger charge is -2.12. The normalized spacial score (nSPS) is 13.6. The van der Waals surface area contributed by atoms with Gasteiger partial charge >= 0.3 is 6.18 Å². The summed E-state index contributed by atoms with van der Waals surface area (Å²) in [6.07, 6.45) is -4.14. The predicted octanol–water partition coefficient (Wildman–Crippen LogP) is 4.02. The van der Waals surface area contributed by atoms with Crippen molar-refractivity contribution < 1.29 is 18.3 Å². The standard InChI is InChI=1S/C14H19F3O/c1-11-5-2-3-6-12(11)8-9-13(18)7-4-10-14(15,16)17/h2-3,5-6,13,18H,4,7-10H2,1H3. The smallest absolute Gasteiger partial charge is 0.389 e. The van der Waals surface area contributed by atoms with E-state index in [0.29, 0.717) is 12.8 Å². The molecule has 0 aliphatic carbocycles. The lowest BCUT2D eigenvalue weighted by molar-refractivity contribution is -0.136. The summed E-state index contributed by atoms with van der Waals surface area (Å²) in [5, 5.41) is 9.63. The highest BCUT2D eigenvalue weighted by Crippen LogP contribution is 2.23. The first-order valence-electron chi connectivity index (χ1n) is 6.18. The highest BCUT2D eigenvalue weighted by molar-refractivity contribution is 5.25. The van der Waals surface area contributed by atoms with Gasteiger partial charge in [-0.3, -0.25) is 0 Å². The Kier molecular flexibility index (Phi) is 5.66. The molecule has 0 spiro atoms. The summed E-state index contributed by atoms with van der Waals surface area (Å²) < 4.78 is 35.8. The lowest BCUT2D eigenvalue weighted by atomic mass is 10.00. The van der Waals surface area contributed by atoms with Crippen molar-refractivity contribution in [2.75, 3.05) is 0 Å². The lowest BCUT2D eigenvalue weighted by Crippen LogP contribution is -2.12. The molecule has 1 unspecified atom stereocenters. The van der Waals surface area contributed by atoms with Crippen LogP contribution in [0.5, 0.6) is 0 Å². The summed E-state index contributed by atoms with van der Waals surface area (Å²) in [6, 6.07) is 7.85. The van der Waals surface area contributed by atoms with Gasteiger partial charge in [-0.25, -0.2) is 0 Å². The zero-order valence-corrected chi connectivity index (χ0v) is 10.5. The molecular formula is C14H19F3O. The van der Waals surface area contributed by atoms with Crippen LogP contribution in [0, 0.1) is 6.92 Å². The summed E-state index contributed by atoms with van der Waals surface area (Å²) in [7, 11) is 0. The average molecular weight is 260 g/mol. The minimum Gasteiger partial charge on any atom is -0.393 e. The van der Waals surface area contributed by atoms with Gasteiger partial charge in [-0.15, -0.1) is 0 Å². The van der Waals surface area contributed by atoms with E-state index in [9.17, 15) is 18.3 Å². The van der Waals surface area contributed by atoms with Gasteiger partial charge in [0.25, 0.3) is 0 Å². The second-order valence-electron chi connectivity index (χ2n) is 4.63. The first kappa shape index (κ1) is 15.0. The Morgan fingerprint density at radius 2 is 1.83 bits per heavy atom. The number of aliphatic hydroxyl groups is 1. The molecule has 0 aliphatic rings. The van der Waals surface area contributed by atoms with Crippen molar-refractivity contribution in [1.29, 1.82) is 0 Å². The van der Waals surface area contributed by atoms with Gasteiger partial charge < -0.3 is 5.11 Å². The van der Waals surface area contributed by atoms with Crippen molar-refractivity contribution in [2.45, 2.75) is 51.3 Å². The second-order valence-corrected chi connectivity index (χ2v) is 4.63. The van der Waals surface area contributed by atoms with E-state index in [1.165, 1.54) is 0 Å². The molecule has 1 rings (SSSR count). The van der Waals surface area contributed by atoms with Crippen molar-refractivity contribution in [3.05, 3.63) is 35.4 Å². The molecule has 1 nitrogen and oxygen atoms in total. The minimum atomic E-state index is -4.12. The molecule has 0 fully saturated rings. The summed E-state index contributed by atoms with van der Waals surface area (Å²) in [4.78, 5) is 0. The fraction of sp³-hybridized carbons (Fsp3) is 0.571. The van der Waals surface area contributed by atoms with Crippen molar-refractivity contribution in [1.82, 2.24) is 0 Å². The summed E-state index contributed by atoms with van der Waals surface area (Å²) in [5.41, 5.74) is 2.30. The van der Waals surface area contributed by atoms with E-state index in [0.717, 1.165) is 11.1 Å². The molecule has 4 heteroatoms. The van der Waals surface area contributed by atoms with Gasteiger partial charge in [0.05, 0.1) is 6.10 Å². The molecule has 0 saturated carbocycles. The molecule has 0 aromatic heterocycles. The number of benzene rings is 1. The van der Waals surface area contributed by atoms with Crippen molar-refractivity contribution >= 4 is 0 Å². The van der Waals surface area contributed by atoms with Gasteiger partial charge in [0.2, 0.25) is 0 Å². The van der Waals surface area contributed by atoms with E-state index in [-0.39, 0.29) is 12.8 Å². The number of alkyl halides is 3. The predicted molar refractivity (Wildman–Crippen MR) is 65.4 cm³/mol. The molecule has 0 aliphatic heterocycles. The maximum Gasteiger partial charge on any atom is 0.389 e. The van der Waals surface area contributed by atoms with Crippen LogP contribution in [0.15, 0.2) is 24.3 Å². The SMILES string of the molecule is Cc1ccccc1CCC(O)CCCC(F)(F)F. The third-order valence-corrected chi connectivity index (χ3v) is 3.01. The van der Waals surface area contributed by atoms with Crippen LogP contribution in [-0.4, -0.2) is 17.4 Å². The zero-order chi connectivity index (χ0) is 13.6. The highest BCUT2D eigenvalue weighted by atomic mass is 19.4. The number of hydrogen-bond donors (Lipinski definition) is 1. The van der Waals surface area contributed by atoms with Crippen molar-refractivity contribution in [3.63, 3.8) is 0 Å². The Balaban J connectivity index is 2.25. The van der Waals surface area contributed by atoms with Crippen LogP contribution in [-0.2, 0) is 6.42 Å². The topological polar surface area (TPSA) is 20.2 Å². The van der Waals surface area contributed by atoms with Gasteiger partial charge in [-0.05, 0) is 43.7 Å². The van der Waals surface area contributed by atoms with Gasteiger partial charge in [-0.1, -0.05) is 24.3 Å². The quantitative estimate of drug-likeness (QED) is 0.819. The maximum atomic E-state index is 11.9. The molecular weight excluding hydrogens is 241 g/mol. The van der Waals surface area contributed by atoms with Crippen molar-refractivity contribution in [2.24, 2.45) is 0 Å². The number of aliphatic hydroxyl groups excluding tert-OH is 1. The number of aryl methyl sites for hydroxylation is 2. The van der Waals surface area contributed by atoms with E-state index >= 15 is 0 Å². The van der Waals surface area contributed by atoms with E-state index < -0.39 is 18.7 Å². The number of hydrogen-bond acceptors (Lipinski definition) is 1. The van der Waals surface area contributed by atoms with Crippen molar-refractivity contribution in [3.8, 4) is 0 Å². The van der Waals surface area contributed by atoms with E-state index in [1.807, 2.05) is 31.2 Å². The second kappa shape index (κ2) is 6.78. The van der Waals surface area contributed by atoms with E-state index in [4.69, 9.17) is 0 Å². The summed E-state index contributed by atoms with van der Waals surface area (Å²) in [5.74, 6) is 0. The first-order chi connectivity index (χ1) is 8.38. The van der Waals surface area contributed by atoms with Crippen LogP contribution in [0.25, 0.3) is 0 Å². The summed E-state index contributed by atoms with van der Waals surface area (Å²) >= 11 is 0. The zero-order valence-electron chi connectivity index (χ0n) is 10.5. The Bertz CT molecular complexity index is 360. The van der Waals surface area contributed by atoms with Crippen LogP contribution in [0.1, 0.15) is 36.8 Å². The first-order valence-corrected chi connectivity index (χ1v) is 6.18. The molecule has 1 aromatic rings. The van der Waals surface area contributed by atoms with Gasteiger partial charge in [0.15, 0.2) is 0 Å². The largest absolute Gasteiger partial charge is 0.393 e. The monoisotopic (exact) mass is 260 g/mol. The molecule has 1 N–H and O–H groups in total.